The summed E-state index contributed by atoms with van der Waals surface area (Å²) in [6.07, 6.45) is 0.944. The first kappa shape index (κ1) is 51.8. The van der Waals surface area contributed by atoms with Gasteiger partial charge in [0.05, 0.1) is 0 Å². The number of halogens is 2. The molecule has 0 heterocycles. The topological polar surface area (TPSA) is 0 Å². The molecule has 0 unspecified atom stereocenters. The average molecular weight is 1000 g/mol. The van der Waals surface area contributed by atoms with E-state index >= 15 is 0 Å². The second-order valence-corrected chi connectivity index (χ2v) is 20.8. The van der Waals surface area contributed by atoms with Gasteiger partial charge in [0.15, 0.2) is 0 Å². The predicted molar refractivity (Wildman–Crippen MR) is 278 cm³/mol. The zero-order valence-corrected chi connectivity index (χ0v) is 44.0. The van der Waals surface area contributed by atoms with Crippen LogP contribution in [0.4, 0.5) is 0 Å². The molecule has 10 rings (SSSR count). The Morgan fingerprint density at radius 3 is 1.18 bits per heavy atom. The van der Waals surface area contributed by atoms with E-state index < -0.39 is 0 Å². The molecule has 0 saturated heterocycles. The van der Waals surface area contributed by atoms with Crippen molar-refractivity contribution >= 4 is 3.21 Å². The van der Waals surface area contributed by atoms with Crippen molar-refractivity contribution in [3.05, 3.63) is 281 Å². The summed E-state index contributed by atoms with van der Waals surface area (Å²) in [5.41, 5.74) is 18.9. The second-order valence-electron chi connectivity index (χ2n) is 19.3. The monoisotopic (exact) mass is 1000 g/mol. The summed E-state index contributed by atoms with van der Waals surface area (Å²) in [5, 5.41) is 0. The van der Waals surface area contributed by atoms with E-state index in [2.05, 4.69) is 248 Å². The van der Waals surface area contributed by atoms with Gasteiger partial charge in [-0.25, -0.2) is 12.1 Å². The number of hydrogen-bond acceptors (Lipinski definition) is 0. The zero-order chi connectivity index (χ0) is 46.1. The van der Waals surface area contributed by atoms with Crippen molar-refractivity contribution in [1.29, 1.82) is 0 Å². The number of fused-ring (bicyclic) bond motifs is 3. The minimum Gasteiger partial charge on any atom is -0.214 e. The Morgan fingerprint density at radius 1 is 0.441 bits per heavy atom. The molecular formula is C65H60Cl2Zr-2. The summed E-state index contributed by atoms with van der Waals surface area (Å²) < 4.78 is 1.53. The van der Waals surface area contributed by atoms with E-state index in [0.717, 1.165) is 6.42 Å². The van der Waals surface area contributed by atoms with Crippen molar-refractivity contribution in [3.63, 3.8) is 0 Å². The SMILES string of the molecule is CC(C)(C)c1cc2c([c-]c1-c1ccccc1)Cc1cc(-c3ccccc3)c(C(C)(C)C)cc1-2.[Cl-].[Cl-].[Zr+2]=[C](C(c1ccccc1)c1ccccc1)C(c1ccccc1)c1ccccc1.c1cc[cH-]c1. The van der Waals surface area contributed by atoms with Gasteiger partial charge in [0.1, 0.15) is 0 Å². The summed E-state index contributed by atoms with van der Waals surface area (Å²) in [7, 11) is 0. The molecule has 0 aromatic heterocycles. The Hall–Kier alpha value is -5.56. The van der Waals surface area contributed by atoms with Crippen LogP contribution in [0.2, 0.25) is 0 Å². The molecule has 0 radical (unpaired) electrons. The number of rotatable bonds is 8. The third kappa shape index (κ3) is 12.4. The Bertz CT molecular complexity index is 2650. The molecule has 0 saturated carbocycles. The fourth-order valence-corrected chi connectivity index (χ4v) is 10.9. The normalized spacial score (nSPS) is 11.4. The van der Waals surface area contributed by atoms with Crippen LogP contribution in [0.15, 0.2) is 231 Å². The van der Waals surface area contributed by atoms with Gasteiger partial charge in [-0.05, 0) is 39.5 Å². The van der Waals surface area contributed by atoms with E-state index in [-0.39, 0.29) is 47.5 Å². The van der Waals surface area contributed by atoms with E-state index in [1.54, 1.807) is 0 Å². The third-order valence-corrected chi connectivity index (χ3v) is 14.0. The first-order valence-electron chi connectivity index (χ1n) is 23.3. The van der Waals surface area contributed by atoms with Crippen molar-refractivity contribution in [2.24, 2.45) is 0 Å². The van der Waals surface area contributed by atoms with E-state index in [1.165, 1.54) is 105 Å². The van der Waals surface area contributed by atoms with Crippen LogP contribution in [-0.4, -0.2) is 3.21 Å². The first-order valence-corrected chi connectivity index (χ1v) is 24.5. The molecule has 3 heteroatoms. The predicted octanol–water partition coefficient (Wildman–Crippen LogP) is 10.8. The Morgan fingerprint density at radius 2 is 0.809 bits per heavy atom. The molecule has 0 nitrogen and oxygen atoms in total. The molecule has 340 valence electrons. The molecule has 68 heavy (non-hydrogen) atoms. The molecule has 0 atom stereocenters. The molecule has 9 aromatic carbocycles. The summed E-state index contributed by atoms with van der Waals surface area (Å²) in [4.78, 5) is 0. The summed E-state index contributed by atoms with van der Waals surface area (Å²) in [5.74, 6) is 0.567. The zero-order valence-electron chi connectivity index (χ0n) is 40.1. The van der Waals surface area contributed by atoms with Gasteiger partial charge < -0.3 is 24.8 Å². The first-order chi connectivity index (χ1) is 32.0. The summed E-state index contributed by atoms with van der Waals surface area (Å²) in [6.45, 7) is 13.9. The van der Waals surface area contributed by atoms with Crippen LogP contribution >= 0.6 is 0 Å². The summed E-state index contributed by atoms with van der Waals surface area (Å²) in [6, 6.07) is 86.5. The van der Waals surface area contributed by atoms with Gasteiger partial charge in [0.25, 0.3) is 0 Å². The van der Waals surface area contributed by atoms with Crippen LogP contribution in [0.1, 0.15) is 97.9 Å². The summed E-state index contributed by atoms with van der Waals surface area (Å²) >= 11 is 1.47. The molecule has 1 aliphatic rings. The van der Waals surface area contributed by atoms with Gasteiger partial charge in [0, 0.05) is 0 Å². The minimum absolute atomic E-state index is 0. The number of hydrogen-bond donors (Lipinski definition) is 0. The van der Waals surface area contributed by atoms with Gasteiger partial charge >= 0.3 is 183 Å². The van der Waals surface area contributed by atoms with Crippen LogP contribution < -0.4 is 24.8 Å². The van der Waals surface area contributed by atoms with Crippen LogP contribution in [-0.2, 0) is 41.5 Å². The molecule has 1 aliphatic carbocycles. The van der Waals surface area contributed by atoms with Gasteiger partial charge in [-0.1, -0.05) is 131 Å². The van der Waals surface area contributed by atoms with Crippen LogP contribution in [0.5, 0.6) is 0 Å². The van der Waals surface area contributed by atoms with Crippen molar-refractivity contribution < 1.29 is 49.0 Å². The fraction of sp³-hybridized carbons (Fsp3) is 0.169. The molecule has 9 aromatic rings. The van der Waals surface area contributed by atoms with Crippen molar-refractivity contribution in [2.45, 2.75) is 70.6 Å². The van der Waals surface area contributed by atoms with E-state index in [9.17, 15) is 0 Å². The van der Waals surface area contributed by atoms with Gasteiger partial charge in [-0.15, -0.1) is 28.8 Å². The standard InChI is InChI=1S/C33H33.C27H22.C5H5.2ClH.Zr/c1-32(2,3)30-20-26-24(18-28(30)22-13-9-7-10-14-22)17-25-19-29(23-15-11-8-12-16-23)31(21-27(25)26)33(4,5)6;1-5-13-22(14-6-1)26(23-15-7-2-8-16-23)21-27(24-17-9-3-10-18-24)25-19-11-4-12-20-25;1-2-4-5-3-1;;;/h7-16,18,20-21H,17H2,1-6H3;1-20,26-27H;1-5H;2*1H;/q-1;;-1;;;+2/p-2. The van der Waals surface area contributed by atoms with Crippen molar-refractivity contribution in [2.75, 3.05) is 0 Å². The van der Waals surface area contributed by atoms with Crippen molar-refractivity contribution in [1.82, 2.24) is 0 Å². The molecule has 0 spiro atoms. The van der Waals surface area contributed by atoms with Crippen LogP contribution in [0.25, 0.3) is 33.4 Å². The second kappa shape index (κ2) is 23.6. The van der Waals surface area contributed by atoms with Gasteiger partial charge in [-0.2, -0.15) is 18.2 Å². The van der Waals surface area contributed by atoms with Crippen molar-refractivity contribution in [3.8, 4) is 33.4 Å². The van der Waals surface area contributed by atoms with Crippen LogP contribution in [0, 0.1) is 6.07 Å². The molecule has 0 fully saturated rings. The maximum absolute atomic E-state index is 3.88. The Kier molecular flexibility index (Phi) is 18.0. The minimum atomic E-state index is 0. The maximum Gasteiger partial charge on any atom is -0.172 e. The van der Waals surface area contributed by atoms with Gasteiger partial charge in [-0.3, -0.25) is 0 Å². The average Bonchev–Trinajstić information content (AvgIpc) is 4.05. The maximum atomic E-state index is 3.88. The van der Waals surface area contributed by atoms with Gasteiger partial charge in [0.2, 0.25) is 0 Å². The largest absolute Gasteiger partial charge is 0.214 e. The third-order valence-electron chi connectivity index (χ3n) is 12.5. The molecule has 0 bridgehead atoms. The van der Waals surface area contributed by atoms with Crippen LogP contribution in [0.3, 0.4) is 0 Å². The smallest absolute Gasteiger partial charge is 0.172 e. The van der Waals surface area contributed by atoms with E-state index in [1.807, 2.05) is 30.3 Å². The molecular weight excluding hydrogens is 943 g/mol. The Balaban J connectivity index is 0.000000199. The molecule has 0 amide bonds. The molecule has 0 N–H and O–H groups in total. The Labute approximate surface area is 434 Å². The van der Waals surface area contributed by atoms with E-state index in [0.29, 0.717) is 0 Å². The molecule has 0 aliphatic heterocycles. The number of benzene rings is 8. The quantitative estimate of drug-likeness (QED) is 0.133. The van der Waals surface area contributed by atoms with E-state index in [4.69, 9.17) is 0 Å². The fourth-order valence-electron chi connectivity index (χ4n) is 9.27.